The first kappa shape index (κ1) is 15.1. The average molecular weight is 275 g/mol. The normalized spacial score (nSPS) is 11.7. The number of nitrogens with one attached hydrogen (secondary N) is 1. The van der Waals surface area contributed by atoms with Gasteiger partial charge in [0.2, 0.25) is 10.0 Å². The predicted molar refractivity (Wildman–Crippen MR) is 67.0 cm³/mol. The van der Waals surface area contributed by atoms with Crippen molar-refractivity contribution < 1.29 is 17.9 Å². The van der Waals surface area contributed by atoms with Crippen molar-refractivity contribution in [1.29, 1.82) is 0 Å². The number of hydrogen-bond acceptors (Lipinski definition) is 3. The van der Waals surface area contributed by atoms with Gasteiger partial charge in [-0.05, 0) is 24.1 Å². The first-order valence-corrected chi connectivity index (χ1v) is 7.38. The lowest BCUT2D eigenvalue weighted by Gasteiger charge is -2.10. The highest BCUT2D eigenvalue weighted by molar-refractivity contribution is 7.89. The molecule has 1 aromatic carbocycles. The van der Waals surface area contributed by atoms with E-state index in [-0.39, 0.29) is 10.5 Å². The third-order valence-corrected chi connectivity index (χ3v) is 4.10. The predicted octanol–water partition coefficient (Wildman–Crippen LogP) is 1.79. The van der Waals surface area contributed by atoms with Crippen molar-refractivity contribution in [3.8, 4) is 0 Å². The lowest BCUT2D eigenvalue weighted by atomic mass is 10.2. The zero-order valence-electron chi connectivity index (χ0n) is 10.3. The summed E-state index contributed by atoms with van der Waals surface area (Å²) in [6, 6.07) is 3.32. The number of benzene rings is 1. The Hall–Kier alpha value is -0.980. The second-order valence-electron chi connectivity index (χ2n) is 4.02. The van der Waals surface area contributed by atoms with E-state index in [2.05, 4.69) is 4.72 Å². The van der Waals surface area contributed by atoms with Gasteiger partial charge in [-0.1, -0.05) is 25.8 Å². The van der Waals surface area contributed by atoms with Crippen LogP contribution >= 0.6 is 0 Å². The molecule has 0 saturated heterocycles. The number of unbranched alkanes of at least 4 members (excludes halogenated alkanes) is 2. The van der Waals surface area contributed by atoms with E-state index in [0.29, 0.717) is 6.54 Å². The van der Waals surface area contributed by atoms with E-state index in [4.69, 9.17) is 5.11 Å². The molecule has 0 aliphatic carbocycles. The Morgan fingerprint density at radius 3 is 2.67 bits per heavy atom. The molecule has 0 unspecified atom stereocenters. The van der Waals surface area contributed by atoms with Crippen LogP contribution in [0.15, 0.2) is 23.1 Å². The van der Waals surface area contributed by atoms with Crippen molar-refractivity contribution >= 4 is 10.0 Å². The van der Waals surface area contributed by atoms with Gasteiger partial charge in [-0.25, -0.2) is 17.5 Å². The quantitative estimate of drug-likeness (QED) is 0.746. The molecule has 6 heteroatoms. The Morgan fingerprint density at radius 2 is 2.06 bits per heavy atom. The summed E-state index contributed by atoms with van der Waals surface area (Å²) in [6.45, 7) is 1.90. The van der Waals surface area contributed by atoms with E-state index >= 15 is 0 Å². The Morgan fingerprint density at radius 1 is 1.33 bits per heavy atom. The van der Waals surface area contributed by atoms with E-state index in [0.717, 1.165) is 31.4 Å². The molecule has 18 heavy (non-hydrogen) atoms. The molecular weight excluding hydrogens is 257 g/mol. The van der Waals surface area contributed by atoms with Gasteiger partial charge in [0.1, 0.15) is 5.82 Å². The van der Waals surface area contributed by atoms with Gasteiger partial charge in [-0.3, -0.25) is 0 Å². The molecule has 0 spiro atoms. The minimum Gasteiger partial charge on any atom is -0.392 e. The highest BCUT2D eigenvalue weighted by atomic mass is 32.2. The third kappa shape index (κ3) is 4.04. The van der Waals surface area contributed by atoms with Crippen LogP contribution in [0.4, 0.5) is 4.39 Å². The molecule has 102 valence electrons. The smallest absolute Gasteiger partial charge is 0.241 e. The van der Waals surface area contributed by atoms with Crippen LogP contribution < -0.4 is 4.72 Å². The van der Waals surface area contributed by atoms with E-state index in [1.807, 2.05) is 6.92 Å². The van der Waals surface area contributed by atoms with Crippen LogP contribution in [0, 0.1) is 5.82 Å². The summed E-state index contributed by atoms with van der Waals surface area (Å²) < 4.78 is 39.4. The molecule has 0 radical (unpaired) electrons. The van der Waals surface area contributed by atoms with Gasteiger partial charge in [0.05, 0.1) is 11.5 Å². The van der Waals surface area contributed by atoms with Crippen molar-refractivity contribution in [2.45, 2.75) is 37.7 Å². The van der Waals surface area contributed by atoms with Gasteiger partial charge >= 0.3 is 0 Å². The maximum absolute atomic E-state index is 13.1. The molecule has 1 rings (SSSR count). The molecule has 0 bridgehead atoms. The van der Waals surface area contributed by atoms with Gasteiger partial charge in [0, 0.05) is 6.54 Å². The van der Waals surface area contributed by atoms with E-state index in [1.54, 1.807) is 0 Å². The lowest BCUT2D eigenvalue weighted by molar-refractivity contribution is 0.278. The highest BCUT2D eigenvalue weighted by Crippen LogP contribution is 2.17. The number of hydrogen-bond donors (Lipinski definition) is 2. The lowest BCUT2D eigenvalue weighted by Crippen LogP contribution is -2.26. The standard InChI is InChI=1S/C12H18FNO3S/c1-2-3-4-7-14-18(16,17)12-8-11(13)6-5-10(12)9-15/h5-6,8,14-15H,2-4,7,9H2,1H3. The van der Waals surface area contributed by atoms with Crippen LogP contribution in [-0.4, -0.2) is 20.1 Å². The van der Waals surface area contributed by atoms with Crippen LogP contribution in [0.5, 0.6) is 0 Å². The van der Waals surface area contributed by atoms with Gasteiger partial charge in [0.25, 0.3) is 0 Å². The largest absolute Gasteiger partial charge is 0.392 e. The molecule has 0 atom stereocenters. The summed E-state index contributed by atoms with van der Waals surface area (Å²) in [4.78, 5) is -0.193. The molecule has 1 aromatic rings. The fourth-order valence-electron chi connectivity index (χ4n) is 1.57. The summed E-state index contributed by atoms with van der Waals surface area (Å²) in [5.74, 6) is -0.638. The van der Waals surface area contributed by atoms with Crippen molar-refractivity contribution in [2.75, 3.05) is 6.54 Å². The zero-order chi connectivity index (χ0) is 13.6. The zero-order valence-corrected chi connectivity index (χ0v) is 11.1. The third-order valence-electron chi connectivity index (χ3n) is 2.56. The molecule has 0 amide bonds. The Labute approximate surface area is 107 Å². The van der Waals surface area contributed by atoms with Crippen molar-refractivity contribution in [2.24, 2.45) is 0 Å². The molecule has 0 aliphatic rings. The topological polar surface area (TPSA) is 66.4 Å². The summed E-state index contributed by atoms with van der Waals surface area (Å²) >= 11 is 0. The van der Waals surface area contributed by atoms with E-state index in [1.165, 1.54) is 6.07 Å². The summed E-state index contributed by atoms with van der Waals surface area (Å²) in [7, 11) is -3.76. The average Bonchev–Trinajstić information content (AvgIpc) is 2.35. The maximum Gasteiger partial charge on any atom is 0.241 e. The number of halogens is 1. The minimum atomic E-state index is -3.76. The second-order valence-corrected chi connectivity index (χ2v) is 5.75. The molecule has 0 aromatic heterocycles. The van der Waals surface area contributed by atoms with Gasteiger partial charge < -0.3 is 5.11 Å². The van der Waals surface area contributed by atoms with Crippen LogP contribution in [0.25, 0.3) is 0 Å². The monoisotopic (exact) mass is 275 g/mol. The second kappa shape index (κ2) is 6.82. The van der Waals surface area contributed by atoms with E-state index in [9.17, 15) is 12.8 Å². The van der Waals surface area contributed by atoms with Crippen molar-refractivity contribution in [1.82, 2.24) is 4.72 Å². The van der Waals surface area contributed by atoms with Gasteiger partial charge in [-0.2, -0.15) is 0 Å². The van der Waals surface area contributed by atoms with Crippen LogP contribution in [0.1, 0.15) is 31.7 Å². The number of aliphatic hydroxyl groups excluding tert-OH is 1. The molecular formula is C12H18FNO3S. The Balaban J connectivity index is 2.87. The first-order chi connectivity index (χ1) is 8.51. The highest BCUT2D eigenvalue weighted by Gasteiger charge is 2.18. The number of rotatable bonds is 7. The molecule has 0 heterocycles. The molecule has 4 nitrogen and oxygen atoms in total. The SMILES string of the molecule is CCCCCNS(=O)(=O)c1cc(F)ccc1CO. The molecule has 0 fully saturated rings. The maximum atomic E-state index is 13.1. The molecule has 0 aliphatic heterocycles. The van der Waals surface area contributed by atoms with Crippen LogP contribution in [0.3, 0.4) is 0 Å². The Kier molecular flexibility index (Phi) is 5.71. The Bertz CT molecular complexity index is 488. The van der Waals surface area contributed by atoms with E-state index < -0.39 is 22.4 Å². The van der Waals surface area contributed by atoms with Crippen LogP contribution in [-0.2, 0) is 16.6 Å². The fourth-order valence-corrected chi connectivity index (χ4v) is 2.88. The summed E-state index contributed by atoms with van der Waals surface area (Å²) in [5.41, 5.74) is 0.194. The molecule has 0 saturated carbocycles. The first-order valence-electron chi connectivity index (χ1n) is 5.90. The summed E-state index contributed by atoms with van der Waals surface area (Å²) in [5, 5.41) is 9.07. The van der Waals surface area contributed by atoms with Crippen LogP contribution in [0.2, 0.25) is 0 Å². The number of aliphatic hydroxyl groups is 1. The minimum absolute atomic E-state index is 0.193. The number of sulfonamides is 1. The van der Waals surface area contributed by atoms with Gasteiger partial charge in [-0.15, -0.1) is 0 Å². The van der Waals surface area contributed by atoms with Crippen molar-refractivity contribution in [3.05, 3.63) is 29.6 Å². The summed E-state index contributed by atoms with van der Waals surface area (Å²) in [6.07, 6.45) is 2.65. The van der Waals surface area contributed by atoms with Crippen molar-refractivity contribution in [3.63, 3.8) is 0 Å². The molecule has 2 N–H and O–H groups in total. The van der Waals surface area contributed by atoms with Gasteiger partial charge in [0.15, 0.2) is 0 Å². The fraction of sp³-hybridized carbons (Fsp3) is 0.500.